The van der Waals surface area contributed by atoms with E-state index in [1.54, 1.807) is 0 Å². The van der Waals surface area contributed by atoms with E-state index < -0.39 is 0 Å². The smallest absolute Gasteiger partial charge is 0.0224 e. The van der Waals surface area contributed by atoms with Gasteiger partial charge in [0.1, 0.15) is 0 Å². The van der Waals surface area contributed by atoms with Crippen LogP contribution in [0.2, 0.25) is 0 Å². The molecule has 2 aliphatic heterocycles. The summed E-state index contributed by atoms with van der Waals surface area (Å²) < 4.78 is 0. The molecule has 0 saturated carbocycles. The second kappa shape index (κ2) is 4.25. The molecule has 1 unspecified atom stereocenters. The quantitative estimate of drug-likeness (QED) is 0.605. The van der Waals surface area contributed by atoms with Crippen LogP contribution in [0, 0.1) is 0 Å². The largest absolute Gasteiger partial charge is 0.300 e. The third kappa shape index (κ3) is 2.12. The van der Waals surface area contributed by atoms with E-state index in [0.29, 0.717) is 0 Å². The van der Waals surface area contributed by atoms with Crippen LogP contribution in [0.25, 0.3) is 0 Å². The molecular formula is C11H20N2. The van der Waals surface area contributed by atoms with Crippen LogP contribution in [0.4, 0.5) is 0 Å². The average Bonchev–Trinajstić information content (AvgIpc) is 2.61. The standard InChI is InChI=1S/C11H20N2/c1-2-3-6-12-8-9-13-7-4-5-11(13)10-12/h2,11H,1,3-10H2. The minimum atomic E-state index is 0.874. The third-order valence-electron chi connectivity index (χ3n) is 3.32. The molecule has 0 spiro atoms. The van der Waals surface area contributed by atoms with E-state index >= 15 is 0 Å². The first-order chi connectivity index (χ1) is 6.40. The van der Waals surface area contributed by atoms with Crippen LogP contribution in [-0.2, 0) is 0 Å². The predicted octanol–water partition coefficient (Wildman–Crippen LogP) is 1.34. The van der Waals surface area contributed by atoms with E-state index in [1.165, 1.54) is 45.6 Å². The summed E-state index contributed by atoms with van der Waals surface area (Å²) in [5.74, 6) is 0. The van der Waals surface area contributed by atoms with Gasteiger partial charge in [0.2, 0.25) is 0 Å². The Kier molecular flexibility index (Phi) is 3.01. The summed E-state index contributed by atoms with van der Waals surface area (Å²) in [6, 6.07) is 0.874. The van der Waals surface area contributed by atoms with E-state index in [9.17, 15) is 0 Å². The molecule has 0 N–H and O–H groups in total. The Labute approximate surface area is 81.2 Å². The Hall–Kier alpha value is -0.340. The first-order valence-corrected chi connectivity index (χ1v) is 5.47. The highest BCUT2D eigenvalue weighted by Gasteiger charge is 2.29. The lowest BCUT2D eigenvalue weighted by atomic mass is 10.1. The van der Waals surface area contributed by atoms with Crippen LogP contribution in [0.5, 0.6) is 0 Å². The average molecular weight is 180 g/mol. The molecule has 0 radical (unpaired) electrons. The normalized spacial score (nSPS) is 30.3. The van der Waals surface area contributed by atoms with E-state index in [-0.39, 0.29) is 0 Å². The highest BCUT2D eigenvalue weighted by Crippen LogP contribution is 2.21. The molecule has 2 heterocycles. The van der Waals surface area contributed by atoms with Gasteiger partial charge in [0, 0.05) is 32.2 Å². The van der Waals surface area contributed by atoms with Crippen LogP contribution >= 0.6 is 0 Å². The SMILES string of the molecule is C=CCCN1CCN2CCCC2C1. The minimum absolute atomic E-state index is 0.874. The van der Waals surface area contributed by atoms with Gasteiger partial charge in [-0.15, -0.1) is 6.58 Å². The molecule has 2 aliphatic rings. The Morgan fingerprint density at radius 3 is 3.08 bits per heavy atom. The molecule has 2 fully saturated rings. The maximum atomic E-state index is 3.77. The van der Waals surface area contributed by atoms with Gasteiger partial charge < -0.3 is 4.90 Å². The number of fused-ring (bicyclic) bond motifs is 1. The highest BCUT2D eigenvalue weighted by molar-refractivity contribution is 4.87. The lowest BCUT2D eigenvalue weighted by molar-refractivity contribution is 0.106. The lowest BCUT2D eigenvalue weighted by Crippen LogP contribution is -2.50. The Morgan fingerprint density at radius 1 is 1.31 bits per heavy atom. The molecule has 0 aromatic heterocycles. The summed E-state index contributed by atoms with van der Waals surface area (Å²) in [4.78, 5) is 5.25. The lowest BCUT2D eigenvalue weighted by Gasteiger charge is -2.37. The molecule has 0 amide bonds. The second-order valence-electron chi connectivity index (χ2n) is 4.21. The fourth-order valence-electron chi connectivity index (χ4n) is 2.53. The zero-order chi connectivity index (χ0) is 9.10. The summed E-state index contributed by atoms with van der Waals surface area (Å²) in [5, 5.41) is 0. The number of rotatable bonds is 3. The van der Waals surface area contributed by atoms with Crippen molar-refractivity contribution in [3.05, 3.63) is 12.7 Å². The van der Waals surface area contributed by atoms with Gasteiger partial charge >= 0.3 is 0 Å². The first-order valence-electron chi connectivity index (χ1n) is 5.47. The molecule has 0 aromatic rings. The fourth-order valence-corrected chi connectivity index (χ4v) is 2.53. The van der Waals surface area contributed by atoms with E-state index in [1.807, 2.05) is 6.08 Å². The molecule has 0 aliphatic carbocycles. The zero-order valence-electron chi connectivity index (χ0n) is 8.41. The predicted molar refractivity (Wildman–Crippen MR) is 55.8 cm³/mol. The Bertz CT molecular complexity index is 179. The maximum absolute atomic E-state index is 3.77. The van der Waals surface area contributed by atoms with Gasteiger partial charge in [-0.25, -0.2) is 0 Å². The van der Waals surface area contributed by atoms with Crippen molar-refractivity contribution >= 4 is 0 Å². The van der Waals surface area contributed by atoms with Crippen molar-refractivity contribution in [1.29, 1.82) is 0 Å². The topological polar surface area (TPSA) is 6.48 Å². The molecule has 13 heavy (non-hydrogen) atoms. The molecule has 74 valence electrons. The molecule has 2 heteroatoms. The second-order valence-corrected chi connectivity index (χ2v) is 4.21. The summed E-state index contributed by atoms with van der Waals surface area (Å²) in [7, 11) is 0. The Balaban J connectivity index is 1.79. The van der Waals surface area contributed by atoms with Crippen LogP contribution in [-0.4, -0.2) is 48.6 Å². The number of hydrogen-bond donors (Lipinski definition) is 0. The van der Waals surface area contributed by atoms with Gasteiger partial charge in [0.05, 0.1) is 0 Å². The van der Waals surface area contributed by atoms with Crippen LogP contribution < -0.4 is 0 Å². The molecule has 1 atom stereocenters. The van der Waals surface area contributed by atoms with Crippen molar-refractivity contribution in [1.82, 2.24) is 9.80 Å². The third-order valence-corrected chi connectivity index (χ3v) is 3.32. The van der Waals surface area contributed by atoms with Gasteiger partial charge in [-0.3, -0.25) is 4.90 Å². The summed E-state index contributed by atoms with van der Waals surface area (Å²) in [6.45, 7) is 10.2. The molecule has 0 bridgehead atoms. The fraction of sp³-hybridized carbons (Fsp3) is 0.818. The number of nitrogens with zero attached hydrogens (tertiary/aromatic N) is 2. The summed E-state index contributed by atoms with van der Waals surface area (Å²) in [5.41, 5.74) is 0. The molecule has 2 nitrogen and oxygen atoms in total. The molecule has 2 saturated heterocycles. The van der Waals surface area contributed by atoms with Crippen LogP contribution in [0.3, 0.4) is 0 Å². The van der Waals surface area contributed by atoms with Gasteiger partial charge in [0.15, 0.2) is 0 Å². The number of piperazine rings is 1. The van der Waals surface area contributed by atoms with Crippen molar-refractivity contribution in [2.45, 2.75) is 25.3 Å². The van der Waals surface area contributed by atoms with Crippen LogP contribution in [0.15, 0.2) is 12.7 Å². The van der Waals surface area contributed by atoms with E-state index in [4.69, 9.17) is 0 Å². The van der Waals surface area contributed by atoms with Gasteiger partial charge in [-0.1, -0.05) is 6.08 Å². The van der Waals surface area contributed by atoms with Crippen molar-refractivity contribution in [2.75, 3.05) is 32.7 Å². The maximum Gasteiger partial charge on any atom is 0.0224 e. The van der Waals surface area contributed by atoms with Crippen molar-refractivity contribution in [3.63, 3.8) is 0 Å². The summed E-state index contributed by atoms with van der Waals surface area (Å²) >= 11 is 0. The van der Waals surface area contributed by atoms with Crippen molar-refractivity contribution in [2.24, 2.45) is 0 Å². The number of hydrogen-bond acceptors (Lipinski definition) is 2. The Morgan fingerprint density at radius 2 is 2.23 bits per heavy atom. The molecule has 2 rings (SSSR count). The highest BCUT2D eigenvalue weighted by atomic mass is 15.3. The molecule has 0 aromatic carbocycles. The van der Waals surface area contributed by atoms with Crippen molar-refractivity contribution < 1.29 is 0 Å². The van der Waals surface area contributed by atoms with E-state index in [2.05, 4.69) is 16.4 Å². The van der Waals surface area contributed by atoms with Gasteiger partial charge in [-0.05, 0) is 25.8 Å². The van der Waals surface area contributed by atoms with Crippen molar-refractivity contribution in [3.8, 4) is 0 Å². The van der Waals surface area contributed by atoms with Crippen LogP contribution in [0.1, 0.15) is 19.3 Å². The monoisotopic (exact) mass is 180 g/mol. The van der Waals surface area contributed by atoms with Gasteiger partial charge in [-0.2, -0.15) is 0 Å². The summed E-state index contributed by atoms with van der Waals surface area (Å²) in [6.07, 6.45) is 6.01. The van der Waals surface area contributed by atoms with Gasteiger partial charge in [0.25, 0.3) is 0 Å². The molecular weight excluding hydrogens is 160 g/mol. The minimum Gasteiger partial charge on any atom is -0.300 e. The first kappa shape index (κ1) is 9.22. The van der Waals surface area contributed by atoms with E-state index in [0.717, 1.165) is 12.5 Å². The zero-order valence-corrected chi connectivity index (χ0v) is 8.41.